The second kappa shape index (κ2) is 4.67. The Morgan fingerprint density at radius 1 is 1.44 bits per heavy atom. The maximum atomic E-state index is 10.9. The molecule has 4 nitrogen and oxygen atoms in total. The third-order valence-electron chi connectivity index (χ3n) is 2.30. The van der Waals surface area contributed by atoms with Gasteiger partial charge < -0.3 is 5.11 Å². The first-order valence-corrected chi connectivity index (χ1v) is 5.93. The molecule has 0 saturated carbocycles. The van der Waals surface area contributed by atoms with E-state index < -0.39 is 16.4 Å². The third kappa shape index (κ3) is 2.91. The molecule has 88 valence electrons. The van der Waals surface area contributed by atoms with Crippen LogP contribution in [-0.4, -0.2) is 10.0 Å². The van der Waals surface area contributed by atoms with E-state index in [1.165, 1.54) is 6.07 Å². The van der Waals surface area contributed by atoms with Gasteiger partial charge in [0.2, 0.25) is 0 Å². The number of nitro groups is 1. The van der Waals surface area contributed by atoms with Gasteiger partial charge in [-0.3, -0.25) is 10.1 Å². The normalized spacial score (nSPS) is 13.6. The lowest BCUT2D eigenvalue weighted by Gasteiger charge is -2.25. The second-order valence-corrected chi connectivity index (χ2v) is 5.97. The van der Waals surface area contributed by atoms with Gasteiger partial charge in [-0.25, -0.2) is 0 Å². The molecule has 0 fully saturated rings. The zero-order chi connectivity index (χ0) is 12.5. The van der Waals surface area contributed by atoms with Crippen molar-refractivity contribution in [3.05, 3.63) is 37.4 Å². The molecule has 0 aliphatic rings. The number of aliphatic hydroxyl groups excluding tert-OH is 1. The molecule has 0 bridgehead atoms. The Labute approximate surface area is 108 Å². The Balaban J connectivity index is 3.28. The predicted octanol–water partition coefficient (Wildman–Crippen LogP) is 3.28. The summed E-state index contributed by atoms with van der Waals surface area (Å²) < 4.78 is 0.786. The topological polar surface area (TPSA) is 63.4 Å². The lowest BCUT2D eigenvalue weighted by molar-refractivity contribution is -0.386. The van der Waals surface area contributed by atoms with Crippen LogP contribution in [0.4, 0.5) is 5.69 Å². The van der Waals surface area contributed by atoms with E-state index in [9.17, 15) is 15.2 Å². The van der Waals surface area contributed by atoms with Crippen LogP contribution >= 0.6 is 22.6 Å². The number of hydrogen-bond acceptors (Lipinski definition) is 3. The molecule has 0 radical (unpaired) electrons. The number of rotatable bonds is 2. The highest BCUT2D eigenvalue weighted by atomic mass is 127. The average molecular weight is 335 g/mol. The lowest BCUT2D eigenvalue weighted by Crippen LogP contribution is -2.19. The Kier molecular flexibility index (Phi) is 3.90. The summed E-state index contributed by atoms with van der Waals surface area (Å²) in [5, 5.41) is 21.0. The molecule has 16 heavy (non-hydrogen) atoms. The maximum absolute atomic E-state index is 10.9. The summed E-state index contributed by atoms with van der Waals surface area (Å²) in [7, 11) is 0. The Hall–Kier alpha value is -0.690. The first kappa shape index (κ1) is 13.4. The van der Waals surface area contributed by atoms with Crippen molar-refractivity contribution in [2.24, 2.45) is 5.41 Å². The molecule has 0 heterocycles. The molecule has 0 aliphatic heterocycles. The van der Waals surface area contributed by atoms with Gasteiger partial charge in [-0.15, -0.1) is 0 Å². The zero-order valence-electron chi connectivity index (χ0n) is 9.40. The Bertz CT molecular complexity index is 412. The fourth-order valence-corrected chi connectivity index (χ4v) is 1.85. The molecule has 0 saturated heterocycles. The molecule has 5 heteroatoms. The van der Waals surface area contributed by atoms with E-state index in [1.807, 2.05) is 43.4 Å². The molecular weight excluding hydrogens is 321 g/mol. The molecule has 1 N–H and O–H groups in total. The van der Waals surface area contributed by atoms with Gasteiger partial charge in [-0.2, -0.15) is 0 Å². The third-order valence-corrected chi connectivity index (χ3v) is 2.98. The van der Waals surface area contributed by atoms with Crippen LogP contribution in [0.1, 0.15) is 32.4 Å². The van der Waals surface area contributed by atoms with Gasteiger partial charge in [0.15, 0.2) is 0 Å². The van der Waals surface area contributed by atoms with Crippen molar-refractivity contribution >= 4 is 28.3 Å². The van der Waals surface area contributed by atoms with Crippen molar-refractivity contribution < 1.29 is 10.0 Å². The van der Waals surface area contributed by atoms with Crippen LogP contribution in [0.25, 0.3) is 0 Å². The minimum Gasteiger partial charge on any atom is -0.388 e. The van der Waals surface area contributed by atoms with Crippen molar-refractivity contribution in [2.75, 3.05) is 0 Å². The summed E-state index contributed by atoms with van der Waals surface area (Å²) in [4.78, 5) is 10.4. The minimum atomic E-state index is -0.843. The number of nitro benzene ring substituents is 1. The Morgan fingerprint density at radius 2 is 2.00 bits per heavy atom. The zero-order valence-corrected chi connectivity index (χ0v) is 11.6. The summed E-state index contributed by atoms with van der Waals surface area (Å²) >= 11 is 2.01. The SMILES string of the molecule is CC(C)(C)[C@H](O)c1ccc(I)cc1[N+](=O)[O-]. The van der Waals surface area contributed by atoms with E-state index >= 15 is 0 Å². The van der Waals surface area contributed by atoms with Crippen molar-refractivity contribution in [2.45, 2.75) is 26.9 Å². The predicted molar refractivity (Wildman–Crippen MR) is 70.2 cm³/mol. The summed E-state index contributed by atoms with van der Waals surface area (Å²) in [6.45, 7) is 5.54. The van der Waals surface area contributed by atoms with Crippen LogP contribution in [0.5, 0.6) is 0 Å². The van der Waals surface area contributed by atoms with Gasteiger partial charge in [0, 0.05) is 9.64 Å². The highest BCUT2D eigenvalue weighted by molar-refractivity contribution is 14.1. The number of hydrogen-bond donors (Lipinski definition) is 1. The number of benzene rings is 1. The van der Waals surface area contributed by atoms with E-state index in [4.69, 9.17) is 0 Å². The fourth-order valence-electron chi connectivity index (χ4n) is 1.37. The molecule has 1 rings (SSSR count). The van der Waals surface area contributed by atoms with Crippen LogP contribution in [0.2, 0.25) is 0 Å². The molecule has 0 spiro atoms. The van der Waals surface area contributed by atoms with Crippen LogP contribution in [0, 0.1) is 19.1 Å². The van der Waals surface area contributed by atoms with Gasteiger partial charge in [0.05, 0.1) is 16.6 Å². The monoisotopic (exact) mass is 335 g/mol. The molecule has 1 aromatic carbocycles. The average Bonchev–Trinajstić information content (AvgIpc) is 2.15. The summed E-state index contributed by atoms with van der Waals surface area (Å²) in [5.74, 6) is 0. The number of halogens is 1. The van der Waals surface area contributed by atoms with E-state index in [2.05, 4.69) is 0 Å². The van der Waals surface area contributed by atoms with Crippen molar-refractivity contribution in [3.63, 3.8) is 0 Å². The summed E-state index contributed by atoms with van der Waals surface area (Å²) in [5.41, 5.74) is -0.0652. The first-order chi connectivity index (χ1) is 7.23. The molecular formula is C11H14INO3. The van der Waals surface area contributed by atoms with Crippen molar-refractivity contribution in [3.8, 4) is 0 Å². The minimum absolute atomic E-state index is 0.0191. The standard InChI is InChI=1S/C11H14INO3/c1-11(2,3)10(14)8-5-4-7(12)6-9(8)13(15)16/h4-6,10,14H,1-3H3/t10-/m1/s1. The fraction of sp³-hybridized carbons (Fsp3) is 0.455. The van der Waals surface area contributed by atoms with E-state index in [-0.39, 0.29) is 5.69 Å². The molecule has 0 amide bonds. The van der Waals surface area contributed by atoms with Gasteiger partial charge >= 0.3 is 0 Å². The van der Waals surface area contributed by atoms with Gasteiger partial charge in [-0.05, 0) is 40.1 Å². The first-order valence-electron chi connectivity index (χ1n) is 4.85. The lowest BCUT2D eigenvalue weighted by atomic mass is 9.84. The van der Waals surface area contributed by atoms with E-state index in [0.717, 1.165) is 3.57 Å². The van der Waals surface area contributed by atoms with E-state index in [1.54, 1.807) is 12.1 Å². The molecule has 0 aromatic heterocycles. The van der Waals surface area contributed by atoms with Crippen molar-refractivity contribution in [1.82, 2.24) is 0 Å². The van der Waals surface area contributed by atoms with Crippen LogP contribution in [-0.2, 0) is 0 Å². The van der Waals surface area contributed by atoms with Crippen LogP contribution in [0.3, 0.4) is 0 Å². The van der Waals surface area contributed by atoms with Gasteiger partial charge in [-0.1, -0.05) is 20.8 Å². The van der Waals surface area contributed by atoms with Gasteiger partial charge in [0.25, 0.3) is 5.69 Å². The quantitative estimate of drug-likeness (QED) is 0.512. The smallest absolute Gasteiger partial charge is 0.276 e. The number of nitrogens with zero attached hydrogens (tertiary/aromatic N) is 1. The molecule has 1 aromatic rings. The molecule has 0 aliphatic carbocycles. The van der Waals surface area contributed by atoms with E-state index in [0.29, 0.717) is 5.56 Å². The molecule has 1 atom stereocenters. The maximum Gasteiger partial charge on any atom is 0.276 e. The highest BCUT2D eigenvalue weighted by Crippen LogP contribution is 2.37. The number of aliphatic hydroxyl groups is 1. The second-order valence-electron chi connectivity index (χ2n) is 4.73. The Morgan fingerprint density at radius 3 is 2.44 bits per heavy atom. The largest absolute Gasteiger partial charge is 0.388 e. The highest BCUT2D eigenvalue weighted by Gasteiger charge is 2.29. The van der Waals surface area contributed by atoms with Crippen molar-refractivity contribution in [1.29, 1.82) is 0 Å². The molecule has 0 unspecified atom stereocenters. The van der Waals surface area contributed by atoms with Crippen LogP contribution in [0.15, 0.2) is 18.2 Å². The summed E-state index contributed by atoms with van der Waals surface area (Å²) in [6.07, 6.45) is -0.843. The van der Waals surface area contributed by atoms with Crippen LogP contribution < -0.4 is 0 Å². The van der Waals surface area contributed by atoms with Gasteiger partial charge in [0.1, 0.15) is 0 Å². The summed E-state index contributed by atoms with van der Waals surface area (Å²) in [6, 6.07) is 4.86.